The van der Waals surface area contributed by atoms with Crippen LogP contribution in [0.1, 0.15) is 52.6 Å². The summed E-state index contributed by atoms with van der Waals surface area (Å²) in [7, 11) is -0.684. The maximum Gasteiger partial charge on any atom is 0.280 e. The van der Waals surface area contributed by atoms with Crippen LogP contribution in [0.25, 0.3) is 0 Å². The van der Waals surface area contributed by atoms with Crippen molar-refractivity contribution in [3.63, 3.8) is 0 Å². The largest absolute Gasteiger partial charge is 0.315 e. The van der Waals surface area contributed by atoms with Gasteiger partial charge in [-0.2, -0.15) is 27.8 Å². The van der Waals surface area contributed by atoms with E-state index in [9.17, 15) is 18.5 Å². The van der Waals surface area contributed by atoms with Crippen molar-refractivity contribution in [1.29, 1.82) is 5.26 Å². The molecule has 30 heavy (non-hydrogen) atoms. The predicted octanol–water partition coefficient (Wildman–Crippen LogP) is 1.76. The zero-order valence-corrected chi connectivity index (χ0v) is 18.7. The summed E-state index contributed by atoms with van der Waals surface area (Å²) in [6, 6.07) is 0.775. The van der Waals surface area contributed by atoms with Gasteiger partial charge >= 0.3 is 0 Å². The molecular weight excluding hydrogens is 424 g/mol. The predicted molar refractivity (Wildman–Crippen MR) is 113 cm³/mol. The topological polar surface area (TPSA) is 120 Å². The van der Waals surface area contributed by atoms with E-state index >= 15 is 0 Å². The molecule has 3 heterocycles. The van der Waals surface area contributed by atoms with Gasteiger partial charge in [-0.1, -0.05) is 0 Å². The van der Waals surface area contributed by atoms with Gasteiger partial charge in [0.2, 0.25) is 5.91 Å². The van der Waals surface area contributed by atoms with Gasteiger partial charge in [-0.15, -0.1) is 11.3 Å². The number of thiophene rings is 1. The quantitative estimate of drug-likeness (QED) is 0.741. The Labute approximate surface area is 179 Å². The Morgan fingerprint density at radius 2 is 2.10 bits per heavy atom. The van der Waals surface area contributed by atoms with E-state index in [-0.39, 0.29) is 6.42 Å². The third-order valence-electron chi connectivity index (χ3n) is 5.82. The first-order valence-corrected chi connectivity index (χ1v) is 12.1. The lowest BCUT2D eigenvalue weighted by atomic mass is 9.96. The number of likely N-dealkylation sites (N-methyl/N-ethyl adjacent to an activating group) is 1. The van der Waals surface area contributed by atoms with Gasteiger partial charge < -0.3 is 5.32 Å². The molecule has 0 saturated carbocycles. The molecule has 9 nitrogen and oxygen atoms in total. The average molecular weight is 449 g/mol. The zero-order valence-electron chi connectivity index (χ0n) is 17.1. The molecule has 1 aliphatic carbocycles. The molecule has 1 fully saturated rings. The number of carbonyl (C=O) groups excluding carboxylic acids is 1. The van der Waals surface area contributed by atoms with Gasteiger partial charge in [0.25, 0.3) is 10.2 Å². The van der Waals surface area contributed by atoms with Gasteiger partial charge in [-0.3, -0.25) is 9.48 Å². The van der Waals surface area contributed by atoms with E-state index in [1.807, 2.05) is 6.92 Å². The van der Waals surface area contributed by atoms with Crippen molar-refractivity contribution >= 4 is 32.5 Å². The molecule has 0 radical (unpaired) electrons. The molecule has 0 aromatic carbocycles. The van der Waals surface area contributed by atoms with Crippen molar-refractivity contribution in [2.75, 3.05) is 12.4 Å². The maximum atomic E-state index is 13.1. The number of aryl methyl sites for hydroxylation is 3. The van der Waals surface area contributed by atoms with E-state index in [1.165, 1.54) is 18.4 Å². The van der Waals surface area contributed by atoms with Crippen LogP contribution < -0.4 is 10.0 Å². The molecule has 160 valence electrons. The Balaban J connectivity index is 1.62. The van der Waals surface area contributed by atoms with Crippen LogP contribution in [0.4, 0.5) is 5.00 Å². The number of aromatic nitrogens is 2. The van der Waals surface area contributed by atoms with Crippen LogP contribution in [-0.2, 0) is 34.9 Å². The highest BCUT2D eigenvalue weighted by Gasteiger charge is 2.41. The zero-order chi connectivity index (χ0) is 21.6. The summed E-state index contributed by atoms with van der Waals surface area (Å²) < 4.78 is 30.7. The molecule has 2 unspecified atom stereocenters. The van der Waals surface area contributed by atoms with Crippen molar-refractivity contribution in [1.82, 2.24) is 18.8 Å². The van der Waals surface area contributed by atoms with Crippen LogP contribution in [0.2, 0.25) is 0 Å². The van der Waals surface area contributed by atoms with Gasteiger partial charge in [-0.05, 0) is 44.6 Å². The Kier molecular flexibility index (Phi) is 5.44. The smallest absolute Gasteiger partial charge is 0.280 e. The molecule has 0 spiro atoms. The van der Waals surface area contributed by atoms with Gasteiger partial charge in [0.15, 0.2) is 0 Å². The second-order valence-corrected chi connectivity index (χ2v) is 10.7. The molecule has 2 aromatic heterocycles. The molecular formula is C19H24N6O3S2. The molecule has 2 atom stereocenters. The van der Waals surface area contributed by atoms with Crippen molar-refractivity contribution in [2.24, 2.45) is 7.05 Å². The lowest BCUT2D eigenvalue weighted by molar-refractivity contribution is -0.120. The molecule has 1 amide bonds. The first kappa shape index (κ1) is 21.0. The maximum absolute atomic E-state index is 13.1. The van der Waals surface area contributed by atoms with Gasteiger partial charge in [0, 0.05) is 30.7 Å². The molecule has 2 aromatic rings. The minimum Gasteiger partial charge on any atom is -0.315 e. The molecule has 1 aliphatic heterocycles. The van der Waals surface area contributed by atoms with Gasteiger partial charge in [-0.25, -0.2) is 0 Å². The third kappa shape index (κ3) is 3.65. The highest BCUT2D eigenvalue weighted by Crippen LogP contribution is 2.38. The fourth-order valence-electron chi connectivity index (χ4n) is 4.24. The van der Waals surface area contributed by atoms with Crippen LogP contribution in [0.15, 0.2) is 6.20 Å². The monoisotopic (exact) mass is 448 g/mol. The van der Waals surface area contributed by atoms with Crippen LogP contribution in [0.5, 0.6) is 0 Å². The van der Waals surface area contributed by atoms with Crippen LogP contribution >= 0.6 is 11.3 Å². The minimum atomic E-state index is -3.85. The summed E-state index contributed by atoms with van der Waals surface area (Å²) in [5.41, 5.74) is 3.00. The summed E-state index contributed by atoms with van der Waals surface area (Å²) in [5, 5.41) is 17.3. The lowest BCUT2D eigenvalue weighted by Crippen LogP contribution is -2.56. The average Bonchev–Trinajstić information content (AvgIpc) is 3.21. The van der Waals surface area contributed by atoms with Crippen LogP contribution in [-0.4, -0.2) is 41.5 Å². The number of rotatable bonds is 3. The van der Waals surface area contributed by atoms with Crippen molar-refractivity contribution in [3.8, 4) is 6.07 Å². The SMILES string of the molecule is Cc1nn(C)cc1C1CC(C(=O)Nc2sc3c(c2C#N)CCCC3)N(C)S(=O)(=O)N1. The van der Waals surface area contributed by atoms with Crippen molar-refractivity contribution in [3.05, 3.63) is 33.5 Å². The first-order valence-electron chi connectivity index (χ1n) is 9.82. The van der Waals surface area contributed by atoms with E-state index in [4.69, 9.17) is 0 Å². The number of anilines is 1. The van der Waals surface area contributed by atoms with E-state index < -0.39 is 28.2 Å². The summed E-state index contributed by atoms with van der Waals surface area (Å²) in [6.45, 7) is 1.81. The minimum absolute atomic E-state index is 0.265. The lowest BCUT2D eigenvalue weighted by Gasteiger charge is -2.35. The number of fused-ring (bicyclic) bond motifs is 1. The molecule has 1 saturated heterocycles. The number of amides is 1. The molecule has 2 aliphatic rings. The number of hydrogen-bond acceptors (Lipinski definition) is 6. The normalized spacial score (nSPS) is 23.5. The third-order valence-corrected chi connectivity index (χ3v) is 8.62. The van der Waals surface area contributed by atoms with E-state index in [2.05, 4.69) is 21.2 Å². The molecule has 4 rings (SSSR count). The number of nitrogens with one attached hydrogen (secondary N) is 2. The molecule has 0 bridgehead atoms. The first-order chi connectivity index (χ1) is 14.2. The number of hydrogen-bond donors (Lipinski definition) is 2. The summed E-state index contributed by atoms with van der Waals surface area (Å²) in [5.74, 6) is -0.427. The molecule has 11 heteroatoms. The van der Waals surface area contributed by atoms with E-state index in [0.717, 1.165) is 46.0 Å². The number of nitrogens with zero attached hydrogens (tertiary/aromatic N) is 4. The summed E-state index contributed by atoms with van der Waals surface area (Å²) >= 11 is 1.43. The summed E-state index contributed by atoms with van der Waals surface area (Å²) in [4.78, 5) is 14.3. The second-order valence-electron chi connectivity index (χ2n) is 7.80. The van der Waals surface area contributed by atoms with Gasteiger partial charge in [0.05, 0.1) is 17.3 Å². The number of carbonyl (C=O) groups is 1. The highest BCUT2D eigenvalue weighted by molar-refractivity contribution is 7.87. The highest BCUT2D eigenvalue weighted by atomic mass is 32.2. The Hall–Kier alpha value is -2.26. The summed E-state index contributed by atoms with van der Waals surface area (Å²) in [6.07, 6.45) is 5.90. The fourth-order valence-corrected chi connectivity index (χ4v) is 6.75. The van der Waals surface area contributed by atoms with Crippen molar-refractivity contribution < 1.29 is 13.2 Å². The number of nitriles is 1. The fraction of sp³-hybridized carbons (Fsp3) is 0.526. The Morgan fingerprint density at radius 3 is 2.77 bits per heavy atom. The Bertz CT molecular complexity index is 1140. The Morgan fingerprint density at radius 1 is 1.37 bits per heavy atom. The molecule has 2 N–H and O–H groups in total. The van der Waals surface area contributed by atoms with Crippen LogP contribution in [0.3, 0.4) is 0 Å². The standard InChI is InChI=1S/C19H24N6O3S2/c1-11-14(10-24(2)22-11)15-8-16(25(3)30(27,28)23-15)18(26)21-19-13(9-20)12-6-4-5-7-17(12)29-19/h10,15-16,23H,4-8H2,1-3H3,(H,21,26). The van der Waals surface area contributed by atoms with E-state index in [0.29, 0.717) is 16.3 Å². The van der Waals surface area contributed by atoms with Crippen LogP contribution in [0, 0.1) is 18.3 Å². The van der Waals surface area contributed by atoms with Crippen molar-refractivity contribution in [2.45, 2.75) is 51.1 Å². The van der Waals surface area contributed by atoms with E-state index in [1.54, 1.807) is 17.9 Å². The second kappa shape index (κ2) is 7.77. The van der Waals surface area contributed by atoms with Gasteiger partial charge in [0.1, 0.15) is 17.1 Å².